The van der Waals surface area contributed by atoms with Crippen molar-refractivity contribution in [1.82, 2.24) is 4.98 Å². The minimum atomic E-state index is -0.355. The standard InChI is InChI=1S/C18H19N3O2/c1-12-10-15(16(11-19)18(23)20-12)14-4-2-3-5-17(14)21-8-6-13(22)7-9-21/h2-5,10,13,22H,6-9H2,1H3,(H,20,23). The van der Waals surface area contributed by atoms with Crippen LogP contribution in [0.2, 0.25) is 0 Å². The van der Waals surface area contributed by atoms with Gasteiger partial charge in [-0.15, -0.1) is 0 Å². The average Bonchev–Trinajstić information content (AvgIpc) is 2.55. The number of aromatic nitrogens is 1. The lowest BCUT2D eigenvalue weighted by atomic mass is 9.97. The maximum Gasteiger partial charge on any atom is 0.266 e. The number of hydrogen-bond donors (Lipinski definition) is 2. The SMILES string of the molecule is Cc1cc(-c2ccccc2N2CCC(O)CC2)c(C#N)c(=O)[nH]1. The summed E-state index contributed by atoms with van der Waals surface area (Å²) in [6, 6.07) is 11.7. The van der Waals surface area contributed by atoms with Gasteiger partial charge in [0, 0.05) is 35.6 Å². The normalized spacial score (nSPS) is 15.4. The monoisotopic (exact) mass is 309 g/mol. The van der Waals surface area contributed by atoms with Crippen LogP contribution in [0.4, 0.5) is 5.69 Å². The number of rotatable bonds is 2. The molecule has 1 aromatic carbocycles. The molecule has 0 bridgehead atoms. The number of nitrogens with zero attached hydrogens (tertiary/aromatic N) is 2. The van der Waals surface area contributed by atoms with Gasteiger partial charge in [0.05, 0.1) is 6.10 Å². The van der Waals surface area contributed by atoms with E-state index in [2.05, 4.69) is 9.88 Å². The predicted octanol–water partition coefficient (Wildman–Crippen LogP) is 2.18. The molecule has 0 amide bonds. The molecule has 0 radical (unpaired) electrons. The van der Waals surface area contributed by atoms with Crippen LogP contribution in [0.5, 0.6) is 0 Å². The smallest absolute Gasteiger partial charge is 0.266 e. The molecular weight excluding hydrogens is 290 g/mol. The van der Waals surface area contributed by atoms with E-state index in [9.17, 15) is 15.2 Å². The molecule has 2 heterocycles. The van der Waals surface area contributed by atoms with Crippen molar-refractivity contribution >= 4 is 5.69 Å². The summed E-state index contributed by atoms with van der Waals surface area (Å²) in [5.41, 5.74) is 3.06. The molecule has 0 spiro atoms. The van der Waals surface area contributed by atoms with Crippen LogP contribution in [0, 0.1) is 18.3 Å². The molecule has 1 aromatic heterocycles. The Morgan fingerprint density at radius 3 is 2.65 bits per heavy atom. The lowest BCUT2D eigenvalue weighted by molar-refractivity contribution is 0.145. The average molecular weight is 309 g/mol. The summed E-state index contributed by atoms with van der Waals surface area (Å²) in [4.78, 5) is 17.0. The van der Waals surface area contributed by atoms with Gasteiger partial charge in [0.1, 0.15) is 11.6 Å². The molecule has 1 fully saturated rings. The zero-order valence-corrected chi connectivity index (χ0v) is 13.0. The second-order valence-electron chi connectivity index (χ2n) is 5.92. The van der Waals surface area contributed by atoms with Crippen LogP contribution in [0.1, 0.15) is 24.1 Å². The Morgan fingerprint density at radius 2 is 1.96 bits per heavy atom. The second-order valence-corrected chi connectivity index (χ2v) is 5.92. The number of aromatic amines is 1. The zero-order valence-electron chi connectivity index (χ0n) is 13.0. The first-order valence-corrected chi connectivity index (χ1v) is 7.76. The number of nitriles is 1. The number of aliphatic hydroxyl groups is 1. The largest absolute Gasteiger partial charge is 0.393 e. The summed E-state index contributed by atoms with van der Waals surface area (Å²) in [5, 5.41) is 19.1. The number of piperidine rings is 1. The first-order chi connectivity index (χ1) is 11.1. The number of anilines is 1. The molecule has 0 aliphatic carbocycles. The van der Waals surface area contributed by atoms with Crippen LogP contribution in [0.25, 0.3) is 11.1 Å². The van der Waals surface area contributed by atoms with Crippen LogP contribution in [-0.2, 0) is 0 Å². The number of benzene rings is 1. The fraction of sp³-hybridized carbons (Fsp3) is 0.333. The van der Waals surface area contributed by atoms with Gasteiger partial charge in [0.15, 0.2) is 0 Å². The summed E-state index contributed by atoms with van der Waals surface area (Å²) in [5.74, 6) is 0. The Hall–Kier alpha value is -2.58. The summed E-state index contributed by atoms with van der Waals surface area (Å²) in [6.07, 6.45) is 1.22. The second kappa shape index (κ2) is 6.27. The number of H-pyrrole nitrogens is 1. The fourth-order valence-electron chi connectivity index (χ4n) is 3.10. The van der Waals surface area contributed by atoms with Gasteiger partial charge < -0.3 is 15.0 Å². The highest BCUT2D eigenvalue weighted by Crippen LogP contribution is 2.33. The first kappa shape index (κ1) is 15.3. The van der Waals surface area contributed by atoms with Crippen LogP contribution < -0.4 is 10.5 Å². The molecule has 2 aromatic rings. The van der Waals surface area contributed by atoms with Gasteiger partial charge >= 0.3 is 0 Å². The van der Waals surface area contributed by atoms with E-state index in [1.807, 2.05) is 43.3 Å². The number of aliphatic hydroxyl groups excluding tert-OH is 1. The number of para-hydroxylation sites is 1. The molecule has 1 saturated heterocycles. The van der Waals surface area contributed by atoms with Crippen LogP contribution in [-0.4, -0.2) is 29.3 Å². The third-order valence-electron chi connectivity index (χ3n) is 4.28. The molecule has 5 heteroatoms. The van der Waals surface area contributed by atoms with Gasteiger partial charge in [0.2, 0.25) is 0 Å². The van der Waals surface area contributed by atoms with E-state index in [4.69, 9.17) is 0 Å². The van der Waals surface area contributed by atoms with E-state index in [1.54, 1.807) is 0 Å². The van der Waals surface area contributed by atoms with E-state index >= 15 is 0 Å². The molecule has 0 unspecified atom stereocenters. The predicted molar refractivity (Wildman–Crippen MR) is 89.4 cm³/mol. The number of nitrogens with one attached hydrogen (secondary N) is 1. The lowest BCUT2D eigenvalue weighted by Gasteiger charge is -2.33. The van der Waals surface area contributed by atoms with Gasteiger partial charge in [-0.25, -0.2) is 0 Å². The van der Waals surface area contributed by atoms with Crippen LogP contribution >= 0.6 is 0 Å². The summed E-state index contributed by atoms with van der Waals surface area (Å²) in [7, 11) is 0. The topological polar surface area (TPSA) is 80.1 Å². The molecule has 23 heavy (non-hydrogen) atoms. The molecule has 0 atom stereocenters. The van der Waals surface area contributed by atoms with Crippen molar-refractivity contribution in [2.45, 2.75) is 25.9 Å². The van der Waals surface area contributed by atoms with Crippen molar-refractivity contribution in [3.8, 4) is 17.2 Å². The van der Waals surface area contributed by atoms with Crippen molar-refractivity contribution in [2.75, 3.05) is 18.0 Å². The molecule has 5 nitrogen and oxygen atoms in total. The Bertz CT molecular complexity index is 812. The van der Waals surface area contributed by atoms with Gasteiger partial charge in [-0.2, -0.15) is 5.26 Å². The first-order valence-electron chi connectivity index (χ1n) is 7.76. The lowest BCUT2D eigenvalue weighted by Crippen LogP contribution is -2.36. The van der Waals surface area contributed by atoms with Gasteiger partial charge in [0.25, 0.3) is 5.56 Å². The van der Waals surface area contributed by atoms with Crippen molar-refractivity contribution in [3.63, 3.8) is 0 Å². The third kappa shape index (κ3) is 2.99. The molecular formula is C18H19N3O2. The van der Waals surface area contributed by atoms with Crippen molar-refractivity contribution in [2.24, 2.45) is 0 Å². The molecule has 2 N–H and O–H groups in total. The highest BCUT2D eigenvalue weighted by atomic mass is 16.3. The minimum Gasteiger partial charge on any atom is -0.393 e. The number of pyridine rings is 1. The molecule has 1 aliphatic heterocycles. The Kier molecular flexibility index (Phi) is 4.18. The Balaban J connectivity index is 2.12. The van der Waals surface area contributed by atoms with Gasteiger partial charge in [-0.3, -0.25) is 4.79 Å². The maximum absolute atomic E-state index is 12.1. The van der Waals surface area contributed by atoms with E-state index in [-0.39, 0.29) is 17.2 Å². The van der Waals surface area contributed by atoms with E-state index < -0.39 is 0 Å². The Morgan fingerprint density at radius 1 is 1.26 bits per heavy atom. The summed E-state index contributed by atoms with van der Waals surface area (Å²) in [6.45, 7) is 3.34. The quantitative estimate of drug-likeness (QED) is 0.891. The highest BCUT2D eigenvalue weighted by Gasteiger charge is 2.21. The fourth-order valence-corrected chi connectivity index (χ4v) is 3.10. The zero-order chi connectivity index (χ0) is 16.4. The molecule has 118 valence electrons. The highest BCUT2D eigenvalue weighted by molar-refractivity contribution is 5.82. The van der Waals surface area contributed by atoms with Gasteiger partial charge in [-0.1, -0.05) is 18.2 Å². The van der Waals surface area contributed by atoms with E-state index in [1.165, 1.54) is 0 Å². The van der Waals surface area contributed by atoms with Crippen molar-refractivity contribution < 1.29 is 5.11 Å². The van der Waals surface area contributed by atoms with Crippen LogP contribution in [0.15, 0.2) is 35.1 Å². The maximum atomic E-state index is 12.1. The Labute approximate surface area is 134 Å². The van der Waals surface area contributed by atoms with E-state index in [0.717, 1.165) is 42.9 Å². The molecule has 0 saturated carbocycles. The van der Waals surface area contributed by atoms with E-state index in [0.29, 0.717) is 5.56 Å². The van der Waals surface area contributed by atoms with Crippen molar-refractivity contribution in [1.29, 1.82) is 5.26 Å². The molecule has 3 rings (SSSR count). The van der Waals surface area contributed by atoms with Crippen molar-refractivity contribution in [3.05, 3.63) is 51.9 Å². The van der Waals surface area contributed by atoms with Crippen LogP contribution in [0.3, 0.4) is 0 Å². The third-order valence-corrected chi connectivity index (χ3v) is 4.28. The minimum absolute atomic E-state index is 0.139. The number of aryl methyl sites for hydroxylation is 1. The molecule has 1 aliphatic rings. The number of hydrogen-bond acceptors (Lipinski definition) is 4. The van der Waals surface area contributed by atoms with Gasteiger partial charge in [-0.05, 0) is 31.9 Å². The summed E-state index contributed by atoms with van der Waals surface area (Å²) < 4.78 is 0. The summed E-state index contributed by atoms with van der Waals surface area (Å²) >= 11 is 0.